The summed E-state index contributed by atoms with van der Waals surface area (Å²) in [5.74, 6) is -0.266. The number of benzene rings is 2. The molecular formula is C17H16ClN3O. The number of carbonyl (C=O) groups is 1. The Kier molecular flexibility index (Phi) is 4.39. The van der Waals surface area contributed by atoms with E-state index in [9.17, 15) is 10.1 Å². The molecule has 1 amide bonds. The van der Waals surface area contributed by atoms with E-state index in [1.54, 1.807) is 36.4 Å². The predicted octanol–water partition coefficient (Wildman–Crippen LogP) is 3.98. The van der Waals surface area contributed by atoms with E-state index >= 15 is 0 Å². The molecule has 2 aromatic rings. The molecule has 112 valence electrons. The van der Waals surface area contributed by atoms with Crippen LogP contribution in [0.2, 0.25) is 5.02 Å². The molecule has 0 fully saturated rings. The average Bonchev–Trinajstić information content (AvgIpc) is 2.51. The maximum atomic E-state index is 12.3. The van der Waals surface area contributed by atoms with Gasteiger partial charge in [-0.05, 0) is 49.7 Å². The van der Waals surface area contributed by atoms with Gasteiger partial charge < -0.3 is 11.1 Å². The first-order valence-corrected chi connectivity index (χ1v) is 7.09. The zero-order valence-electron chi connectivity index (χ0n) is 12.4. The first-order chi connectivity index (χ1) is 10.3. The monoisotopic (exact) mass is 313 g/mol. The summed E-state index contributed by atoms with van der Waals surface area (Å²) in [7, 11) is 0. The van der Waals surface area contributed by atoms with Gasteiger partial charge >= 0.3 is 0 Å². The summed E-state index contributed by atoms with van der Waals surface area (Å²) >= 11 is 5.85. The van der Waals surface area contributed by atoms with E-state index in [-0.39, 0.29) is 5.91 Å². The topological polar surface area (TPSA) is 78.9 Å². The molecular weight excluding hydrogens is 298 g/mol. The molecule has 0 bridgehead atoms. The van der Waals surface area contributed by atoms with Crippen molar-refractivity contribution in [3.05, 3.63) is 58.6 Å². The number of halogens is 1. The lowest BCUT2D eigenvalue weighted by Crippen LogP contribution is -2.17. The molecule has 0 saturated carbocycles. The van der Waals surface area contributed by atoms with E-state index in [4.69, 9.17) is 17.3 Å². The highest BCUT2D eigenvalue weighted by atomic mass is 35.5. The second kappa shape index (κ2) is 6.08. The summed E-state index contributed by atoms with van der Waals surface area (Å²) in [6.07, 6.45) is 0. The Morgan fingerprint density at radius 2 is 2.00 bits per heavy atom. The Morgan fingerprint density at radius 3 is 2.64 bits per heavy atom. The largest absolute Gasteiger partial charge is 0.397 e. The van der Waals surface area contributed by atoms with Gasteiger partial charge in [0.15, 0.2) is 0 Å². The van der Waals surface area contributed by atoms with E-state index in [1.165, 1.54) is 0 Å². The third kappa shape index (κ3) is 3.38. The quantitative estimate of drug-likeness (QED) is 0.841. The fraction of sp³-hybridized carbons (Fsp3) is 0.176. The maximum absolute atomic E-state index is 12.3. The van der Waals surface area contributed by atoms with E-state index in [1.807, 2.05) is 19.9 Å². The van der Waals surface area contributed by atoms with Gasteiger partial charge in [0.25, 0.3) is 5.91 Å². The van der Waals surface area contributed by atoms with Crippen LogP contribution in [0.15, 0.2) is 42.5 Å². The van der Waals surface area contributed by atoms with Crippen LogP contribution < -0.4 is 11.1 Å². The van der Waals surface area contributed by atoms with Crippen LogP contribution in [0.3, 0.4) is 0 Å². The lowest BCUT2D eigenvalue weighted by molar-refractivity contribution is 0.102. The first-order valence-electron chi connectivity index (χ1n) is 6.71. The second-order valence-corrected chi connectivity index (χ2v) is 5.92. The van der Waals surface area contributed by atoms with Gasteiger partial charge in [0.05, 0.1) is 22.2 Å². The number of rotatable bonds is 3. The fourth-order valence-corrected chi connectivity index (χ4v) is 2.06. The van der Waals surface area contributed by atoms with Gasteiger partial charge in [0.1, 0.15) is 0 Å². The third-order valence-corrected chi connectivity index (χ3v) is 3.72. The Morgan fingerprint density at radius 1 is 1.27 bits per heavy atom. The van der Waals surface area contributed by atoms with Gasteiger partial charge in [-0.2, -0.15) is 5.26 Å². The Bertz CT molecular complexity index is 763. The average molecular weight is 314 g/mol. The normalized spacial score (nSPS) is 10.8. The van der Waals surface area contributed by atoms with E-state index in [0.29, 0.717) is 22.0 Å². The molecule has 22 heavy (non-hydrogen) atoms. The highest BCUT2D eigenvalue weighted by Gasteiger charge is 2.20. The molecule has 0 atom stereocenters. The number of nitrogens with two attached hydrogens (primary N) is 1. The third-order valence-electron chi connectivity index (χ3n) is 3.38. The van der Waals surface area contributed by atoms with Crippen molar-refractivity contribution in [2.45, 2.75) is 19.3 Å². The van der Waals surface area contributed by atoms with Crippen LogP contribution in [0.25, 0.3) is 0 Å². The number of anilines is 2. The fourth-order valence-electron chi connectivity index (χ4n) is 1.94. The van der Waals surface area contributed by atoms with Gasteiger partial charge in [-0.1, -0.05) is 23.7 Å². The zero-order valence-corrected chi connectivity index (χ0v) is 13.1. The smallest absolute Gasteiger partial charge is 0.255 e. The number of nitriles is 1. The minimum Gasteiger partial charge on any atom is -0.397 e. The van der Waals surface area contributed by atoms with Crippen molar-refractivity contribution in [1.82, 2.24) is 0 Å². The Labute approximate surface area is 134 Å². The van der Waals surface area contributed by atoms with Crippen molar-refractivity contribution in [2.24, 2.45) is 0 Å². The van der Waals surface area contributed by atoms with Crippen LogP contribution in [0, 0.1) is 11.3 Å². The van der Waals surface area contributed by atoms with Crippen molar-refractivity contribution in [2.75, 3.05) is 11.1 Å². The van der Waals surface area contributed by atoms with Crippen LogP contribution in [-0.4, -0.2) is 5.91 Å². The molecule has 3 N–H and O–H groups in total. The number of hydrogen-bond acceptors (Lipinski definition) is 3. The minimum absolute atomic E-state index is 0.266. The number of nitrogens with zero attached hydrogens (tertiary/aromatic N) is 1. The second-order valence-electron chi connectivity index (χ2n) is 5.51. The summed E-state index contributed by atoms with van der Waals surface area (Å²) in [5.41, 5.74) is 7.30. The molecule has 0 radical (unpaired) electrons. The molecule has 0 aromatic heterocycles. The van der Waals surface area contributed by atoms with Crippen LogP contribution >= 0.6 is 11.6 Å². The molecule has 2 aromatic carbocycles. The number of nitrogens with one attached hydrogen (secondary N) is 1. The summed E-state index contributed by atoms with van der Waals surface area (Å²) < 4.78 is 0. The minimum atomic E-state index is -0.652. The van der Waals surface area contributed by atoms with Gasteiger partial charge in [-0.15, -0.1) is 0 Å². The van der Waals surface area contributed by atoms with Gasteiger partial charge in [-0.3, -0.25) is 4.79 Å². The molecule has 0 unspecified atom stereocenters. The van der Waals surface area contributed by atoms with Gasteiger partial charge in [0.2, 0.25) is 0 Å². The lowest BCUT2D eigenvalue weighted by atomic mass is 9.85. The van der Waals surface area contributed by atoms with E-state index < -0.39 is 5.41 Å². The lowest BCUT2D eigenvalue weighted by Gasteiger charge is -2.16. The van der Waals surface area contributed by atoms with Crippen molar-refractivity contribution >= 4 is 28.9 Å². The van der Waals surface area contributed by atoms with Crippen LogP contribution in [0.5, 0.6) is 0 Å². The number of carbonyl (C=O) groups excluding carboxylic acids is 1. The predicted molar refractivity (Wildman–Crippen MR) is 88.9 cm³/mol. The highest BCUT2D eigenvalue weighted by Crippen LogP contribution is 2.25. The van der Waals surface area contributed by atoms with Crippen LogP contribution in [-0.2, 0) is 5.41 Å². The van der Waals surface area contributed by atoms with Gasteiger partial charge in [-0.25, -0.2) is 0 Å². The molecule has 0 aliphatic rings. The number of nitrogen functional groups attached to an aromatic ring is 1. The molecule has 4 nitrogen and oxygen atoms in total. The number of amides is 1. The zero-order chi connectivity index (χ0) is 16.3. The Hall–Kier alpha value is -2.51. The molecule has 0 aliphatic carbocycles. The summed E-state index contributed by atoms with van der Waals surface area (Å²) in [6.45, 7) is 3.62. The molecule has 0 saturated heterocycles. The van der Waals surface area contributed by atoms with Crippen molar-refractivity contribution < 1.29 is 4.79 Å². The van der Waals surface area contributed by atoms with Crippen molar-refractivity contribution in [3.63, 3.8) is 0 Å². The highest BCUT2D eigenvalue weighted by molar-refractivity contribution is 6.33. The maximum Gasteiger partial charge on any atom is 0.255 e. The number of hydrogen-bond donors (Lipinski definition) is 2. The van der Waals surface area contributed by atoms with Crippen LogP contribution in [0.1, 0.15) is 29.8 Å². The summed E-state index contributed by atoms with van der Waals surface area (Å²) in [4.78, 5) is 12.3. The van der Waals surface area contributed by atoms with E-state index in [0.717, 1.165) is 5.56 Å². The summed E-state index contributed by atoms with van der Waals surface area (Å²) in [5, 5.41) is 12.4. The van der Waals surface area contributed by atoms with Crippen molar-refractivity contribution in [3.8, 4) is 6.07 Å². The molecule has 5 heteroatoms. The molecule has 0 aliphatic heterocycles. The molecule has 0 heterocycles. The summed E-state index contributed by atoms with van der Waals surface area (Å²) in [6, 6.07) is 14.1. The van der Waals surface area contributed by atoms with Crippen LogP contribution in [0.4, 0.5) is 11.4 Å². The first kappa shape index (κ1) is 15.9. The molecule has 0 spiro atoms. The van der Waals surface area contributed by atoms with Crippen molar-refractivity contribution in [1.29, 1.82) is 5.26 Å². The standard InChI is InChI=1S/C17H16ClN3O/c1-17(2,10-19)12-5-3-4-11(8-12)16(22)21-13-6-7-14(18)15(20)9-13/h3-9H,20H2,1-2H3,(H,21,22). The Balaban J connectivity index is 2.25. The van der Waals surface area contributed by atoms with E-state index in [2.05, 4.69) is 11.4 Å². The molecule has 2 rings (SSSR count). The SMILES string of the molecule is CC(C)(C#N)c1cccc(C(=O)Nc2ccc(Cl)c(N)c2)c1. The van der Waals surface area contributed by atoms with Gasteiger partial charge in [0, 0.05) is 11.3 Å².